The highest BCUT2D eigenvalue weighted by Crippen LogP contribution is 2.27. The first kappa shape index (κ1) is 17.2. The van der Waals surface area contributed by atoms with E-state index in [1.165, 1.54) is 11.3 Å². The predicted molar refractivity (Wildman–Crippen MR) is 92.8 cm³/mol. The molecule has 0 saturated heterocycles. The van der Waals surface area contributed by atoms with Gasteiger partial charge in [0, 0.05) is 33.6 Å². The molecule has 1 aromatic carbocycles. The van der Waals surface area contributed by atoms with Gasteiger partial charge in [-0.25, -0.2) is 4.98 Å². The van der Waals surface area contributed by atoms with E-state index in [0.717, 1.165) is 10.4 Å². The van der Waals surface area contributed by atoms with Crippen LogP contribution in [0.3, 0.4) is 0 Å². The molecule has 118 valence electrons. The molecule has 2 rings (SSSR count). The van der Waals surface area contributed by atoms with E-state index in [2.05, 4.69) is 10.3 Å². The Balaban J connectivity index is 2.05. The summed E-state index contributed by atoms with van der Waals surface area (Å²) in [5, 5.41) is 4.65. The molecule has 2 aromatic rings. The van der Waals surface area contributed by atoms with Gasteiger partial charge in [-0.1, -0.05) is 30.1 Å². The average Bonchev–Trinajstić information content (AvgIpc) is 2.89. The Labute approximate surface area is 143 Å². The molecule has 2 unspecified atom stereocenters. The van der Waals surface area contributed by atoms with Crippen molar-refractivity contribution < 1.29 is 4.79 Å². The number of carbonyl (C=O) groups excluding carboxylic acids is 1. The third-order valence-corrected chi connectivity index (χ3v) is 4.87. The quantitative estimate of drug-likeness (QED) is 0.850. The Hall–Kier alpha value is -1.14. The lowest BCUT2D eigenvalue weighted by atomic mass is 10.0. The van der Waals surface area contributed by atoms with Crippen molar-refractivity contribution in [1.29, 1.82) is 0 Å². The van der Waals surface area contributed by atoms with Gasteiger partial charge >= 0.3 is 0 Å². The molecule has 1 aromatic heterocycles. The van der Waals surface area contributed by atoms with Gasteiger partial charge in [-0.05, 0) is 30.7 Å². The highest BCUT2D eigenvalue weighted by atomic mass is 35.5. The van der Waals surface area contributed by atoms with Gasteiger partial charge in [0.2, 0.25) is 5.91 Å². The van der Waals surface area contributed by atoms with Crippen LogP contribution in [0.25, 0.3) is 0 Å². The Kier molecular flexibility index (Phi) is 5.81. The van der Waals surface area contributed by atoms with E-state index in [0.29, 0.717) is 21.6 Å². The molecule has 0 aliphatic heterocycles. The molecule has 0 aliphatic rings. The summed E-state index contributed by atoms with van der Waals surface area (Å²) in [4.78, 5) is 17.2. The minimum atomic E-state index is -0.269. The Morgan fingerprint density at radius 3 is 2.82 bits per heavy atom. The molecule has 3 N–H and O–H groups in total. The van der Waals surface area contributed by atoms with Crippen LogP contribution in [0, 0.1) is 5.92 Å². The number of nitrogens with zero attached hydrogens (tertiary/aromatic N) is 1. The minimum Gasteiger partial charge on any atom is -0.327 e. The van der Waals surface area contributed by atoms with Crippen molar-refractivity contribution >= 4 is 45.6 Å². The number of hydrogen-bond donors (Lipinski definition) is 2. The fourth-order valence-corrected chi connectivity index (χ4v) is 2.99. The van der Waals surface area contributed by atoms with Crippen molar-refractivity contribution in [3.8, 4) is 0 Å². The summed E-state index contributed by atoms with van der Waals surface area (Å²) in [6, 6.07) is 5.15. The molecule has 4 nitrogen and oxygen atoms in total. The monoisotopic (exact) mass is 357 g/mol. The molecule has 0 radical (unpaired) electrons. The van der Waals surface area contributed by atoms with Crippen LogP contribution in [0.5, 0.6) is 0 Å². The molecule has 0 bridgehead atoms. The second-order valence-electron chi connectivity index (χ2n) is 5.18. The lowest BCUT2D eigenvalue weighted by Crippen LogP contribution is -2.34. The number of rotatable bonds is 5. The molecule has 2 atom stereocenters. The fraction of sp³-hybridized carbons (Fsp3) is 0.333. The van der Waals surface area contributed by atoms with Gasteiger partial charge in [-0.2, -0.15) is 0 Å². The normalized spacial score (nSPS) is 13.7. The second-order valence-corrected chi connectivity index (χ2v) is 7.14. The standard InChI is InChI=1S/C15H17Cl2N3OS/c1-8(9(2)18)14(21)20-15-19-7-12(22-15)6-10-5-11(16)3-4-13(10)17/h3-5,7-9H,6,18H2,1-2H3,(H,19,20,21). The lowest BCUT2D eigenvalue weighted by molar-refractivity contribution is -0.119. The number of aromatic nitrogens is 1. The van der Waals surface area contributed by atoms with Crippen LogP contribution in [0.2, 0.25) is 10.0 Å². The highest BCUT2D eigenvalue weighted by Gasteiger charge is 2.18. The zero-order valence-corrected chi connectivity index (χ0v) is 14.6. The summed E-state index contributed by atoms with van der Waals surface area (Å²) in [6.45, 7) is 3.60. The minimum absolute atomic E-state index is 0.128. The lowest BCUT2D eigenvalue weighted by Gasteiger charge is -2.13. The van der Waals surface area contributed by atoms with Crippen molar-refractivity contribution in [2.45, 2.75) is 26.3 Å². The highest BCUT2D eigenvalue weighted by molar-refractivity contribution is 7.15. The molecule has 0 aliphatic carbocycles. The third kappa shape index (κ3) is 4.43. The number of thiazole rings is 1. The van der Waals surface area contributed by atoms with Crippen LogP contribution in [-0.4, -0.2) is 16.9 Å². The fourth-order valence-electron chi connectivity index (χ4n) is 1.77. The molecular formula is C15H17Cl2N3OS. The van der Waals surface area contributed by atoms with Crippen LogP contribution in [0.4, 0.5) is 5.13 Å². The zero-order valence-electron chi connectivity index (χ0n) is 12.3. The topological polar surface area (TPSA) is 68.0 Å². The number of benzene rings is 1. The summed E-state index contributed by atoms with van der Waals surface area (Å²) in [5.74, 6) is -0.397. The van der Waals surface area contributed by atoms with Gasteiger partial charge in [-0.3, -0.25) is 4.79 Å². The van der Waals surface area contributed by atoms with E-state index in [1.807, 2.05) is 6.07 Å². The number of hydrogen-bond acceptors (Lipinski definition) is 4. The zero-order chi connectivity index (χ0) is 16.3. The molecular weight excluding hydrogens is 341 g/mol. The van der Waals surface area contributed by atoms with Crippen molar-refractivity contribution in [2.75, 3.05) is 5.32 Å². The van der Waals surface area contributed by atoms with Crippen molar-refractivity contribution in [3.63, 3.8) is 0 Å². The molecule has 1 amide bonds. The van der Waals surface area contributed by atoms with Crippen LogP contribution < -0.4 is 11.1 Å². The SMILES string of the molecule is CC(N)C(C)C(=O)Nc1ncc(Cc2cc(Cl)ccc2Cl)s1. The van der Waals surface area contributed by atoms with Crippen LogP contribution >= 0.6 is 34.5 Å². The number of nitrogens with one attached hydrogen (secondary N) is 1. The summed E-state index contributed by atoms with van der Waals surface area (Å²) in [5.41, 5.74) is 6.65. The second kappa shape index (κ2) is 7.42. The Morgan fingerprint density at radius 2 is 2.14 bits per heavy atom. The first-order chi connectivity index (χ1) is 10.4. The Bertz CT molecular complexity index is 673. The van der Waals surface area contributed by atoms with Crippen LogP contribution in [0.15, 0.2) is 24.4 Å². The first-order valence-corrected chi connectivity index (χ1v) is 8.39. The maximum absolute atomic E-state index is 12.0. The molecule has 7 heteroatoms. The molecule has 1 heterocycles. The first-order valence-electron chi connectivity index (χ1n) is 6.82. The third-order valence-electron chi connectivity index (χ3n) is 3.36. The van der Waals surface area contributed by atoms with E-state index >= 15 is 0 Å². The van der Waals surface area contributed by atoms with Gasteiger partial charge in [0.25, 0.3) is 0 Å². The molecule has 0 saturated carbocycles. The van der Waals surface area contributed by atoms with Crippen LogP contribution in [0.1, 0.15) is 24.3 Å². The summed E-state index contributed by atoms with van der Waals surface area (Å²) >= 11 is 13.6. The number of nitrogens with two attached hydrogens (primary N) is 1. The summed E-state index contributed by atoms with van der Waals surface area (Å²) in [7, 11) is 0. The van der Waals surface area contributed by atoms with E-state index in [4.69, 9.17) is 28.9 Å². The maximum Gasteiger partial charge on any atom is 0.230 e. The summed E-state index contributed by atoms with van der Waals surface area (Å²) < 4.78 is 0. The molecule has 0 fully saturated rings. The van der Waals surface area contributed by atoms with Crippen molar-refractivity contribution in [1.82, 2.24) is 4.98 Å². The van der Waals surface area contributed by atoms with Gasteiger partial charge in [0.15, 0.2) is 5.13 Å². The number of amides is 1. The predicted octanol–water partition coefficient (Wildman–Crippen LogP) is 3.96. The Morgan fingerprint density at radius 1 is 1.41 bits per heavy atom. The van der Waals surface area contributed by atoms with Gasteiger partial charge in [-0.15, -0.1) is 11.3 Å². The number of halogens is 2. The van der Waals surface area contributed by atoms with Crippen molar-refractivity contribution in [2.24, 2.45) is 11.7 Å². The van der Waals surface area contributed by atoms with E-state index in [9.17, 15) is 4.79 Å². The van der Waals surface area contributed by atoms with E-state index < -0.39 is 0 Å². The van der Waals surface area contributed by atoms with Crippen LogP contribution in [-0.2, 0) is 11.2 Å². The summed E-state index contributed by atoms with van der Waals surface area (Å²) in [6.07, 6.45) is 2.35. The average molecular weight is 358 g/mol. The van der Waals surface area contributed by atoms with Crippen molar-refractivity contribution in [3.05, 3.63) is 44.9 Å². The molecule has 22 heavy (non-hydrogen) atoms. The number of anilines is 1. The van der Waals surface area contributed by atoms with Gasteiger partial charge < -0.3 is 11.1 Å². The van der Waals surface area contributed by atoms with Gasteiger partial charge in [0.05, 0.1) is 5.92 Å². The maximum atomic E-state index is 12.0. The largest absolute Gasteiger partial charge is 0.327 e. The van der Waals surface area contributed by atoms with E-state index in [1.54, 1.807) is 32.2 Å². The van der Waals surface area contributed by atoms with E-state index in [-0.39, 0.29) is 17.9 Å². The van der Waals surface area contributed by atoms with Gasteiger partial charge in [0.1, 0.15) is 0 Å². The number of carbonyl (C=O) groups is 1. The molecule has 0 spiro atoms. The smallest absolute Gasteiger partial charge is 0.230 e.